The maximum atomic E-state index is 11.9. The van der Waals surface area contributed by atoms with E-state index in [-0.39, 0.29) is 11.9 Å². The van der Waals surface area contributed by atoms with Crippen LogP contribution in [-0.4, -0.2) is 26.8 Å². The molecule has 1 rings (SSSR count). The number of Topliss-reactive ketones (excluding diaryl/α,β-unsaturated/α-hetero) is 1. The number of carbonyl (C=O) groups excluding carboxylic acids is 1. The van der Waals surface area contributed by atoms with E-state index in [2.05, 4.69) is 51.3 Å². The highest BCUT2D eigenvalue weighted by atomic mass is 28.4. The van der Waals surface area contributed by atoms with Crippen LogP contribution in [0.3, 0.4) is 0 Å². The molecule has 0 aliphatic heterocycles. The Morgan fingerprint density at radius 1 is 1.18 bits per heavy atom. The first-order valence-corrected chi connectivity index (χ1v) is 13.0. The van der Waals surface area contributed by atoms with Crippen LogP contribution in [0, 0.1) is 11.8 Å². The summed E-state index contributed by atoms with van der Waals surface area (Å²) in [6.07, 6.45) is 4.45. The van der Waals surface area contributed by atoms with Gasteiger partial charge in [0.1, 0.15) is 0 Å². The predicted molar refractivity (Wildman–Crippen MR) is 120 cm³/mol. The number of hydrogen-bond donors (Lipinski definition) is 0. The fraction of sp³-hybridized carbons (Fsp3) is 0.542. The first-order valence-electron chi connectivity index (χ1n) is 10.5. The summed E-state index contributed by atoms with van der Waals surface area (Å²) in [7, 11) is -1.76. The van der Waals surface area contributed by atoms with E-state index >= 15 is 0 Å². The Kier molecular flexibility index (Phi) is 12.5. The zero-order valence-corrected chi connectivity index (χ0v) is 18.8. The van der Waals surface area contributed by atoms with Gasteiger partial charge in [0, 0.05) is 12.8 Å². The van der Waals surface area contributed by atoms with Gasteiger partial charge in [-0.3, -0.25) is 4.79 Å². The zero-order chi connectivity index (χ0) is 20.7. The largest absolute Gasteiger partial charge is 0.411 e. The molecular weight excluding hydrogens is 364 g/mol. The minimum Gasteiger partial charge on any atom is -0.411 e. The molecule has 1 aromatic carbocycles. The lowest BCUT2D eigenvalue weighted by Crippen LogP contribution is -2.41. The van der Waals surface area contributed by atoms with Crippen molar-refractivity contribution in [2.45, 2.75) is 77.3 Å². The van der Waals surface area contributed by atoms with Crippen molar-refractivity contribution >= 4 is 14.1 Å². The van der Waals surface area contributed by atoms with E-state index in [1.165, 1.54) is 0 Å². The van der Waals surface area contributed by atoms with Crippen molar-refractivity contribution in [1.82, 2.24) is 0 Å². The number of allylic oxidation sites excluding steroid dienone is 1. The molecular formula is C24H36O3Si. The van der Waals surface area contributed by atoms with Crippen LogP contribution >= 0.6 is 0 Å². The second-order valence-electron chi connectivity index (χ2n) is 7.09. The number of ketones is 1. The third-order valence-corrected chi connectivity index (χ3v) is 9.83. The summed E-state index contributed by atoms with van der Waals surface area (Å²) >= 11 is 0. The highest BCUT2D eigenvalue weighted by Crippen LogP contribution is 2.24. The Bertz CT molecular complexity index is 618. The summed E-state index contributed by atoms with van der Waals surface area (Å²) in [5.74, 6) is 5.82. The van der Waals surface area contributed by atoms with Gasteiger partial charge in [-0.25, -0.2) is 0 Å². The van der Waals surface area contributed by atoms with E-state index in [0.29, 0.717) is 26.1 Å². The minimum absolute atomic E-state index is 0.00390. The third-order valence-electron chi connectivity index (χ3n) is 5.13. The van der Waals surface area contributed by atoms with E-state index in [0.717, 1.165) is 36.5 Å². The molecule has 0 saturated heterocycles. The summed E-state index contributed by atoms with van der Waals surface area (Å²) in [6.45, 7) is 11.4. The quantitative estimate of drug-likeness (QED) is 0.128. The van der Waals surface area contributed by atoms with Gasteiger partial charge in [-0.05, 0) is 42.5 Å². The molecule has 0 fully saturated rings. The van der Waals surface area contributed by atoms with Crippen molar-refractivity contribution < 1.29 is 14.0 Å². The van der Waals surface area contributed by atoms with Gasteiger partial charge in [0.05, 0.1) is 19.3 Å². The molecule has 0 heterocycles. The number of carbonyl (C=O) groups is 1. The molecule has 1 aromatic rings. The molecule has 0 aliphatic carbocycles. The normalized spacial score (nSPS) is 12.1. The molecule has 0 radical (unpaired) electrons. The summed E-state index contributed by atoms with van der Waals surface area (Å²) in [5, 5.41) is 0. The maximum absolute atomic E-state index is 11.9. The molecule has 0 saturated carbocycles. The molecule has 0 spiro atoms. The second-order valence-corrected chi connectivity index (χ2v) is 11.8. The molecule has 3 nitrogen and oxygen atoms in total. The van der Waals surface area contributed by atoms with Crippen molar-refractivity contribution in [2.75, 3.05) is 6.61 Å². The van der Waals surface area contributed by atoms with Crippen molar-refractivity contribution in [2.24, 2.45) is 0 Å². The summed E-state index contributed by atoms with van der Waals surface area (Å²) in [5.41, 5.74) is 1.15. The van der Waals surface area contributed by atoms with Crippen LogP contribution < -0.4 is 0 Å². The van der Waals surface area contributed by atoms with Gasteiger partial charge < -0.3 is 9.16 Å². The first kappa shape index (κ1) is 24.4. The van der Waals surface area contributed by atoms with Crippen molar-refractivity contribution in [3.05, 3.63) is 48.6 Å². The second kappa shape index (κ2) is 14.3. The summed E-state index contributed by atoms with van der Waals surface area (Å²) in [4.78, 5) is 11.9. The Morgan fingerprint density at radius 2 is 1.86 bits per heavy atom. The molecule has 0 bridgehead atoms. The third kappa shape index (κ3) is 9.50. The van der Waals surface area contributed by atoms with Crippen LogP contribution in [0.5, 0.6) is 0 Å². The lowest BCUT2D eigenvalue weighted by Gasteiger charge is -2.32. The topological polar surface area (TPSA) is 35.5 Å². The van der Waals surface area contributed by atoms with E-state index in [1.54, 1.807) is 0 Å². The minimum atomic E-state index is -1.76. The Labute approximate surface area is 172 Å². The first-order chi connectivity index (χ1) is 13.6. The van der Waals surface area contributed by atoms with Crippen LogP contribution in [0.25, 0.3) is 0 Å². The van der Waals surface area contributed by atoms with Crippen LogP contribution in [0.15, 0.2) is 43.0 Å². The van der Waals surface area contributed by atoms with Crippen LogP contribution in [0.4, 0.5) is 0 Å². The van der Waals surface area contributed by atoms with Gasteiger partial charge in [-0.1, -0.05) is 63.1 Å². The highest BCUT2D eigenvalue weighted by Gasteiger charge is 2.31. The van der Waals surface area contributed by atoms with Gasteiger partial charge in [0.2, 0.25) is 5.78 Å². The number of unbranched alkanes of at least 4 members (excludes halogenated alkanes) is 1. The van der Waals surface area contributed by atoms with E-state index in [4.69, 9.17) is 9.16 Å². The zero-order valence-electron chi connectivity index (χ0n) is 17.8. The highest BCUT2D eigenvalue weighted by molar-refractivity contribution is 6.73. The molecule has 0 aliphatic rings. The lowest BCUT2D eigenvalue weighted by molar-refractivity contribution is -0.113. The average molecular weight is 401 g/mol. The van der Waals surface area contributed by atoms with Gasteiger partial charge in [-0.2, -0.15) is 0 Å². The van der Waals surface area contributed by atoms with Crippen LogP contribution in [0.1, 0.15) is 52.0 Å². The van der Waals surface area contributed by atoms with E-state index < -0.39 is 8.32 Å². The Hall–Kier alpha value is -1.67. The van der Waals surface area contributed by atoms with E-state index in [1.807, 2.05) is 24.3 Å². The number of ether oxygens (including phenoxy) is 1. The van der Waals surface area contributed by atoms with Gasteiger partial charge in [0.15, 0.2) is 8.32 Å². The van der Waals surface area contributed by atoms with Crippen molar-refractivity contribution in [3.8, 4) is 11.8 Å². The molecule has 4 heteroatoms. The van der Waals surface area contributed by atoms with Gasteiger partial charge in [0.25, 0.3) is 0 Å². The molecule has 0 amide bonds. The fourth-order valence-electron chi connectivity index (χ4n) is 3.10. The molecule has 0 aromatic heterocycles. The predicted octanol–water partition coefficient (Wildman–Crippen LogP) is 5.91. The van der Waals surface area contributed by atoms with Gasteiger partial charge in [-0.15, -0.1) is 6.58 Å². The lowest BCUT2D eigenvalue weighted by atomic mass is 10.1. The molecule has 154 valence electrons. The smallest absolute Gasteiger partial charge is 0.205 e. The SMILES string of the molecule is C=CCCCC(=O)C#CC[C@@H](COCc1ccccc1)O[Si](CC)(CC)CC. The molecule has 1 atom stereocenters. The summed E-state index contributed by atoms with van der Waals surface area (Å²) in [6, 6.07) is 13.4. The summed E-state index contributed by atoms with van der Waals surface area (Å²) < 4.78 is 12.5. The van der Waals surface area contributed by atoms with Crippen LogP contribution in [0.2, 0.25) is 18.1 Å². The Morgan fingerprint density at radius 3 is 2.46 bits per heavy atom. The number of hydrogen-bond acceptors (Lipinski definition) is 3. The van der Waals surface area contributed by atoms with Gasteiger partial charge >= 0.3 is 0 Å². The number of benzene rings is 1. The average Bonchev–Trinajstić information content (AvgIpc) is 2.73. The monoisotopic (exact) mass is 400 g/mol. The standard InChI is InChI=1S/C24H36O3Si/c1-5-9-11-17-23(25)18-14-19-24(27-28(6-2,7-3)8-4)21-26-20-22-15-12-10-13-16-22/h5,10,12-13,15-16,24H,1,6-9,11,17,19-21H2,2-4H3/t24-/m0/s1. The molecule has 0 unspecified atom stereocenters. The maximum Gasteiger partial charge on any atom is 0.205 e. The molecule has 0 N–H and O–H groups in total. The van der Waals surface area contributed by atoms with Crippen LogP contribution in [-0.2, 0) is 20.6 Å². The fourth-order valence-corrected chi connectivity index (χ4v) is 5.96. The molecule has 28 heavy (non-hydrogen) atoms. The Balaban J connectivity index is 2.66. The van der Waals surface area contributed by atoms with E-state index in [9.17, 15) is 4.79 Å². The van der Waals surface area contributed by atoms with Crippen molar-refractivity contribution in [1.29, 1.82) is 0 Å². The van der Waals surface area contributed by atoms with Crippen molar-refractivity contribution in [3.63, 3.8) is 0 Å². The number of rotatable bonds is 14.